The monoisotopic (exact) mass is 288 g/mol. The van der Waals surface area contributed by atoms with Crippen LogP contribution in [0, 0.1) is 11.8 Å². The van der Waals surface area contributed by atoms with Gasteiger partial charge in [-0.2, -0.15) is 18.3 Å². The second-order valence-electron chi connectivity index (χ2n) is 5.58. The van der Waals surface area contributed by atoms with Crippen LogP contribution in [0.1, 0.15) is 37.7 Å². The maximum absolute atomic E-state index is 12.5. The van der Waals surface area contributed by atoms with Crippen LogP contribution in [0.2, 0.25) is 0 Å². The predicted molar refractivity (Wildman–Crippen MR) is 68.0 cm³/mol. The van der Waals surface area contributed by atoms with Crippen LogP contribution < -0.4 is 0 Å². The SMILES string of the molecule is Cn1cc(CCC(=O)C2CCC(C(F)(F)F)CC2)cn1. The molecule has 20 heavy (non-hydrogen) atoms. The minimum absolute atomic E-state index is 0.0901. The first kappa shape index (κ1) is 15.1. The molecule has 3 nitrogen and oxygen atoms in total. The lowest BCUT2D eigenvalue weighted by molar-refractivity contribution is -0.184. The smallest absolute Gasteiger partial charge is 0.299 e. The molecule has 0 spiro atoms. The minimum atomic E-state index is -4.11. The zero-order chi connectivity index (χ0) is 14.8. The Labute approximate surface area is 116 Å². The summed E-state index contributed by atoms with van der Waals surface area (Å²) in [5, 5.41) is 4.02. The van der Waals surface area contributed by atoms with Crippen molar-refractivity contribution in [3.63, 3.8) is 0 Å². The summed E-state index contributed by atoms with van der Waals surface area (Å²) < 4.78 is 39.3. The van der Waals surface area contributed by atoms with Crippen LogP contribution in [-0.4, -0.2) is 21.7 Å². The van der Waals surface area contributed by atoms with Crippen LogP contribution >= 0.6 is 0 Å². The van der Waals surface area contributed by atoms with E-state index in [1.807, 2.05) is 13.2 Å². The average molecular weight is 288 g/mol. The van der Waals surface area contributed by atoms with Crippen molar-refractivity contribution in [2.24, 2.45) is 18.9 Å². The quantitative estimate of drug-likeness (QED) is 0.852. The van der Waals surface area contributed by atoms with E-state index in [4.69, 9.17) is 0 Å². The third-order valence-corrected chi connectivity index (χ3v) is 4.06. The molecule has 1 aliphatic carbocycles. The maximum atomic E-state index is 12.5. The van der Waals surface area contributed by atoms with E-state index in [1.165, 1.54) is 0 Å². The van der Waals surface area contributed by atoms with Crippen molar-refractivity contribution in [3.05, 3.63) is 18.0 Å². The van der Waals surface area contributed by atoms with E-state index < -0.39 is 12.1 Å². The summed E-state index contributed by atoms with van der Waals surface area (Å²) in [5.41, 5.74) is 0.991. The van der Waals surface area contributed by atoms with E-state index in [-0.39, 0.29) is 24.5 Å². The number of hydrogen-bond acceptors (Lipinski definition) is 2. The third kappa shape index (κ3) is 3.84. The summed E-state index contributed by atoms with van der Waals surface area (Å²) in [7, 11) is 1.81. The second-order valence-corrected chi connectivity index (χ2v) is 5.58. The lowest BCUT2D eigenvalue weighted by atomic mass is 9.79. The number of nitrogens with zero attached hydrogens (tertiary/aromatic N) is 2. The first-order valence-corrected chi connectivity index (χ1v) is 6.93. The van der Waals surface area contributed by atoms with Gasteiger partial charge in [-0.3, -0.25) is 9.48 Å². The maximum Gasteiger partial charge on any atom is 0.391 e. The van der Waals surface area contributed by atoms with Gasteiger partial charge in [-0.1, -0.05) is 0 Å². The Morgan fingerprint density at radius 1 is 1.35 bits per heavy atom. The van der Waals surface area contributed by atoms with Crippen molar-refractivity contribution < 1.29 is 18.0 Å². The Morgan fingerprint density at radius 2 is 2.00 bits per heavy atom. The molecule has 0 atom stereocenters. The van der Waals surface area contributed by atoms with E-state index in [0.717, 1.165) is 5.56 Å². The van der Waals surface area contributed by atoms with E-state index in [2.05, 4.69) is 5.10 Å². The van der Waals surface area contributed by atoms with Gasteiger partial charge in [0.2, 0.25) is 0 Å². The van der Waals surface area contributed by atoms with Gasteiger partial charge in [0.15, 0.2) is 0 Å². The first-order chi connectivity index (χ1) is 9.36. The summed E-state index contributed by atoms with van der Waals surface area (Å²) in [6.07, 6.45) is 1.40. The van der Waals surface area contributed by atoms with Crippen molar-refractivity contribution in [2.75, 3.05) is 0 Å². The highest BCUT2D eigenvalue weighted by Crippen LogP contribution is 2.39. The van der Waals surface area contributed by atoms with E-state index in [0.29, 0.717) is 25.7 Å². The molecule has 1 heterocycles. The molecule has 6 heteroatoms. The Hall–Kier alpha value is -1.33. The van der Waals surface area contributed by atoms with E-state index in [1.54, 1.807) is 10.9 Å². The van der Waals surface area contributed by atoms with Crippen molar-refractivity contribution in [1.82, 2.24) is 9.78 Å². The van der Waals surface area contributed by atoms with Crippen LogP contribution in [0.3, 0.4) is 0 Å². The molecule has 1 aromatic heterocycles. The molecule has 0 bridgehead atoms. The van der Waals surface area contributed by atoms with Crippen LogP contribution in [0.5, 0.6) is 0 Å². The largest absolute Gasteiger partial charge is 0.391 e. The molecule has 1 saturated carbocycles. The fourth-order valence-electron chi connectivity index (χ4n) is 2.82. The third-order valence-electron chi connectivity index (χ3n) is 4.06. The molecule has 0 unspecified atom stereocenters. The predicted octanol–water partition coefficient (Wildman–Crippen LogP) is 3.29. The van der Waals surface area contributed by atoms with Gasteiger partial charge in [0.05, 0.1) is 12.1 Å². The Bertz CT molecular complexity index is 459. The molecule has 112 valence electrons. The summed E-state index contributed by atoms with van der Waals surface area (Å²) in [6.45, 7) is 0. The fraction of sp³-hybridized carbons (Fsp3) is 0.714. The lowest BCUT2D eigenvalue weighted by Gasteiger charge is -2.29. The van der Waals surface area contributed by atoms with Gasteiger partial charge in [-0.25, -0.2) is 0 Å². The molecule has 1 aromatic rings. The number of alkyl halides is 3. The minimum Gasteiger partial charge on any atom is -0.299 e. The zero-order valence-electron chi connectivity index (χ0n) is 11.5. The molecule has 0 N–H and O–H groups in total. The van der Waals surface area contributed by atoms with Crippen LogP contribution in [-0.2, 0) is 18.3 Å². The molecular formula is C14H19F3N2O. The molecule has 0 aliphatic heterocycles. The van der Waals surface area contributed by atoms with Crippen molar-refractivity contribution >= 4 is 5.78 Å². The molecule has 0 radical (unpaired) electrons. The summed E-state index contributed by atoms with van der Waals surface area (Å²) >= 11 is 0. The highest BCUT2D eigenvalue weighted by molar-refractivity contribution is 5.81. The summed E-state index contributed by atoms with van der Waals surface area (Å²) in [4.78, 5) is 12.0. The van der Waals surface area contributed by atoms with Gasteiger partial charge in [-0.05, 0) is 37.7 Å². The average Bonchev–Trinajstić information content (AvgIpc) is 2.81. The molecule has 1 aliphatic rings. The Morgan fingerprint density at radius 3 is 2.50 bits per heavy atom. The molecule has 2 rings (SSSR count). The van der Waals surface area contributed by atoms with Gasteiger partial charge < -0.3 is 0 Å². The normalized spacial score (nSPS) is 23.8. The van der Waals surface area contributed by atoms with Crippen LogP contribution in [0.15, 0.2) is 12.4 Å². The number of Topliss-reactive ketones (excluding diaryl/α,β-unsaturated/α-hetero) is 1. The topological polar surface area (TPSA) is 34.9 Å². The van der Waals surface area contributed by atoms with Crippen LogP contribution in [0.4, 0.5) is 13.2 Å². The van der Waals surface area contributed by atoms with E-state index in [9.17, 15) is 18.0 Å². The van der Waals surface area contributed by atoms with Crippen molar-refractivity contribution in [3.8, 4) is 0 Å². The highest BCUT2D eigenvalue weighted by Gasteiger charge is 2.42. The summed E-state index contributed by atoms with van der Waals surface area (Å²) in [5.74, 6) is -1.32. The number of carbonyl (C=O) groups is 1. The molecule has 0 saturated heterocycles. The molecule has 0 aromatic carbocycles. The number of halogens is 3. The number of aryl methyl sites for hydroxylation is 2. The number of ketones is 1. The van der Waals surface area contributed by atoms with Gasteiger partial charge in [0.25, 0.3) is 0 Å². The Kier molecular flexibility index (Phi) is 4.50. The number of hydrogen-bond donors (Lipinski definition) is 0. The molecule has 1 fully saturated rings. The number of rotatable bonds is 4. The zero-order valence-corrected chi connectivity index (χ0v) is 11.5. The van der Waals surface area contributed by atoms with Crippen LogP contribution in [0.25, 0.3) is 0 Å². The molecule has 0 amide bonds. The van der Waals surface area contributed by atoms with Crippen molar-refractivity contribution in [1.29, 1.82) is 0 Å². The van der Waals surface area contributed by atoms with Gasteiger partial charge in [-0.15, -0.1) is 0 Å². The first-order valence-electron chi connectivity index (χ1n) is 6.93. The van der Waals surface area contributed by atoms with Gasteiger partial charge in [0, 0.05) is 25.6 Å². The second kappa shape index (κ2) is 5.97. The number of carbonyl (C=O) groups excluding carboxylic acids is 1. The molecular weight excluding hydrogens is 269 g/mol. The summed E-state index contributed by atoms with van der Waals surface area (Å²) in [6, 6.07) is 0. The van der Waals surface area contributed by atoms with Gasteiger partial charge in [0.1, 0.15) is 5.78 Å². The lowest BCUT2D eigenvalue weighted by Crippen LogP contribution is -2.30. The highest BCUT2D eigenvalue weighted by atomic mass is 19.4. The van der Waals surface area contributed by atoms with Gasteiger partial charge >= 0.3 is 6.18 Å². The van der Waals surface area contributed by atoms with Crippen molar-refractivity contribution in [2.45, 2.75) is 44.7 Å². The Balaban J connectivity index is 1.77. The fourth-order valence-corrected chi connectivity index (χ4v) is 2.82. The van der Waals surface area contributed by atoms with E-state index >= 15 is 0 Å². The standard InChI is InChI=1S/C14H19F3N2O/c1-19-9-10(8-18-19)2-7-13(20)11-3-5-12(6-4-11)14(15,16)17/h8-9,11-12H,2-7H2,1H3. The number of aromatic nitrogens is 2.